The summed E-state index contributed by atoms with van der Waals surface area (Å²) >= 11 is 0. The van der Waals surface area contributed by atoms with E-state index in [1.54, 1.807) is 0 Å². The Morgan fingerprint density at radius 3 is 2.88 bits per heavy atom. The van der Waals surface area contributed by atoms with Gasteiger partial charge >= 0.3 is 12.7 Å². The second kappa shape index (κ2) is 3.94. The zero-order valence-corrected chi connectivity index (χ0v) is 9.01. The van der Waals surface area contributed by atoms with Crippen molar-refractivity contribution in [3.8, 4) is 11.5 Å². The molecule has 0 fully saturated rings. The fourth-order valence-electron chi connectivity index (χ4n) is 1.70. The van der Waals surface area contributed by atoms with E-state index in [-0.39, 0.29) is 29.0 Å². The zero-order valence-electron chi connectivity index (χ0n) is 11.0. The Balaban J connectivity index is 2.65. The lowest BCUT2D eigenvalue weighted by Crippen LogP contribution is -2.45. The maximum atomic E-state index is 11.2. The molecule has 17 heavy (non-hydrogen) atoms. The summed E-state index contributed by atoms with van der Waals surface area (Å²) in [6.45, 7) is -3.81. The Bertz CT molecular complexity index is 545. The number of benzene rings is 1. The summed E-state index contributed by atoms with van der Waals surface area (Å²) < 4.78 is 24.7. The number of hydrogen-bond acceptors (Lipinski definition) is 5. The third-order valence-corrected chi connectivity index (χ3v) is 2.48. The van der Waals surface area contributed by atoms with Gasteiger partial charge in [-0.15, -0.1) is 0 Å². The van der Waals surface area contributed by atoms with Crippen molar-refractivity contribution in [2.24, 2.45) is 0 Å². The Kier molecular flexibility index (Phi) is 2.16. The van der Waals surface area contributed by atoms with Crippen LogP contribution in [-0.2, 0) is 6.42 Å². The summed E-state index contributed by atoms with van der Waals surface area (Å²) in [6.07, 6.45) is -2.75. The molecule has 0 bridgehead atoms. The van der Waals surface area contributed by atoms with E-state index in [2.05, 4.69) is 0 Å². The average Bonchev–Trinajstić information content (AvgIpc) is 2.28. The highest BCUT2D eigenvalue weighted by atomic mass is 16.6. The molecule has 0 radical (unpaired) electrons. The van der Waals surface area contributed by atoms with E-state index in [0.29, 0.717) is 0 Å². The van der Waals surface area contributed by atoms with Crippen molar-refractivity contribution >= 4 is 12.7 Å². The largest absolute Gasteiger partial charge is 0.669 e. The molecule has 1 aliphatic rings. The average molecular weight is 241 g/mol. The van der Waals surface area contributed by atoms with Crippen LogP contribution in [0, 0.1) is 0 Å². The summed E-state index contributed by atoms with van der Waals surface area (Å²) in [5, 5.41) is 28.4. The number of hydrogen-bond donors (Lipinski definition) is 3. The van der Waals surface area contributed by atoms with Crippen LogP contribution in [0.2, 0.25) is 6.27 Å². The van der Waals surface area contributed by atoms with E-state index in [1.165, 1.54) is 19.2 Å². The summed E-state index contributed by atoms with van der Waals surface area (Å²) in [5.74, 6) is -1.63. The third-order valence-electron chi connectivity index (χ3n) is 2.48. The van der Waals surface area contributed by atoms with Gasteiger partial charge in [-0.2, -0.15) is 0 Å². The molecule has 0 atom stereocenters. The minimum Gasteiger partial charge on any atom is -0.669 e. The van der Waals surface area contributed by atoms with Crippen molar-refractivity contribution in [3.05, 3.63) is 23.3 Å². The lowest BCUT2D eigenvalue weighted by atomic mass is 9.70. The van der Waals surface area contributed by atoms with E-state index >= 15 is 0 Å². The van der Waals surface area contributed by atoms with Gasteiger partial charge in [-0.3, -0.25) is 0 Å². The summed E-state index contributed by atoms with van der Waals surface area (Å²) in [6, 6.07) is 2.81. The second-order valence-corrected chi connectivity index (χ2v) is 3.64. The monoisotopic (exact) mass is 241 g/mol. The fourth-order valence-corrected chi connectivity index (χ4v) is 1.70. The number of carbonyl (C=O) groups is 1. The molecule has 0 saturated heterocycles. The Morgan fingerprint density at radius 1 is 1.59 bits per heavy atom. The van der Waals surface area contributed by atoms with Crippen LogP contribution in [0.1, 0.15) is 18.7 Å². The molecule has 0 aromatic heterocycles. The van der Waals surface area contributed by atoms with Crippen molar-refractivity contribution in [3.63, 3.8) is 0 Å². The number of carboxylic acids is 1. The standard InChI is InChI=1S/C10H12BO6/c1-16-7-3-2-6-4-5-11(14,15)17-9(6)8(7)10(12)13/h2-3,14-15H,4-5H2,1H3,(H,12,13)/q-1/i5D2. The number of aryl methyl sites for hydroxylation is 1. The van der Waals surface area contributed by atoms with Crippen molar-refractivity contribution in [1.29, 1.82) is 0 Å². The smallest absolute Gasteiger partial charge is 0.430 e. The molecule has 0 saturated carbocycles. The molecule has 1 aromatic rings. The highest BCUT2D eigenvalue weighted by molar-refractivity contribution is 6.59. The molecule has 0 spiro atoms. The molecular formula is C10H12BO6-. The first-order valence-electron chi connectivity index (χ1n) is 5.90. The highest BCUT2D eigenvalue weighted by Crippen LogP contribution is 2.37. The van der Waals surface area contributed by atoms with Crippen molar-refractivity contribution in [2.75, 3.05) is 7.11 Å². The minimum atomic E-state index is -3.81. The Morgan fingerprint density at radius 2 is 2.29 bits per heavy atom. The van der Waals surface area contributed by atoms with Crippen molar-refractivity contribution in [1.82, 2.24) is 0 Å². The molecular weight excluding hydrogens is 227 g/mol. The van der Waals surface area contributed by atoms with E-state index in [4.69, 9.17) is 17.2 Å². The van der Waals surface area contributed by atoms with Crippen LogP contribution in [0.5, 0.6) is 11.5 Å². The van der Waals surface area contributed by atoms with Gasteiger partial charge < -0.3 is 24.5 Å². The van der Waals surface area contributed by atoms with Gasteiger partial charge in [0.1, 0.15) is 11.3 Å². The lowest BCUT2D eigenvalue weighted by molar-refractivity contribution is 0.0689. The SMILES string of the molecule is [2H]C1([2H])Cc2ccc(OC)c(C(=O)O)c2O[B-]1(O)O. The van der Waals surface area contributed by atoms with Crippen LogP contribution in [0.15, 0.2) is 12.1 Å². The topological polar surface area (TPSA) is 96.2 Å². The number of ether oxygens (including phenoxy) is 1. The highest BCUT2D eigenvalue weighted by Gasteiger charge is 2.32. The Hall–Kier alpha value is -1.73. The van der Waals surface area contributed by atoms with E-state index in [1.807, 2.05) is 0 Å². The molecule has 1 heterocycles. The first kappa shape index (κ1) is 9.32. The number of carboxylic acid groups (broad SMARTS) is 1. The second-order valence-electron chi connectivity index (χ2n) is 3.64. The third kappa shape index (κ3) is 2.06. The predicted octanol–water partition coefficient (Wildman–Crippen LogP) is 0.252. The van der Waals surface area contributed by atoms with Crippen LogP contribution in [0.3, 0.4) is 0 Å². The van der Waals surface area contributed by atoms with E-state index < -0.39 is 19.0 Å². The molecule has 0 unspecified atom stereocenters. The first-order chi connectivity index (χ1) is 8.69. The van der Waals surface area contributed by atoms with Crippen molar-refractivity contribution in [2.45, 2.75) is 12.7 Å². The van der Waals surface area contributed by atoms with Gasteiger partial charge in [0.05, 0.1) is 12.9 Å². The fraction of sp³-hybridized carbons (Fsp3) is 0.300. The molecule has 2 rings (SSSR count). The van der Waals surface area contributed by atoms with Gasteiger partial charge in [-0.25, -0.2) is 4.79 Å². The molecule has 1 aliphatic heterocycles. The minimum absolute atomic E-state index is 0.000288. The number of aromatic carboxylic acids is 1. The van der Waals surface area contributed by atoms with Crippen LogP contribution in [0.4, 0.5) is 0 Å². The van der Waals surface area contributed by atoms with Crippen LogP contribution >= 0.6 is 0 Å². The summed E-state index contributed by atoms with van der Waals surface area (Å²) in [5.41, 5.74) is -0.117. The molecule has 0 amide bonds. The van der Waals surface area contributed by atoms with Gasteiger partial charge in [-0.1, -0.05) is 12.3 Å². The molecule has 92 valence electrons. The predicted molar refractivity (Wildman–Crippen MR) is 59.3 cm³/mol. The molecule has 0 aliphatic carbocycles. The van der Waals surface area contributed by atoms with Gasteiger partial charge in [-0.05, 0) is 20.8 Å². The zero-order chi connectivity index (χ0) is 14.4. The van der Waals surface area contributed by atoms with Gasteiger partial charge in [0.25, 0.3) is 0 Å². The molecule has 1 aromatic carbocycles. The van der Waals surface area contributed by atoms with Gasteiger partial charge in [0.2, 0.25) is 0 Å². The van der Waals surface area contributed by atoms with Crippen molar-refractivity contribution < 1.29 is 32.1 Å². The van der Waals surface area contributed by atoms with Gasteiger partial charge in [0.15, 0.2) is 0 Å². The molecule has 7 heteroatoms. The van der Waals surface area contributed by atoms with Crippen LogP contribution in [0.25, 0.3) is 0 Å². The maximum absolute atomic E-state index is 11.2. The number of methoxy groups -OCH3 is 1. The van der Waals surface area contributed by atoms with E-state index in [0.717, 1.165) is 0 Å². The van der Waals surface area contributed by atoms with E-state index in [9.17, 15) is 14.8 Å². The summed E-state index contributed by atoms with van der Waals surface area (Å²) in [7, 11) is 1.27. The normalized spacial score (nSPS) is 21.6. The first-order valence-corrected chi connectivity index (χ1v) is 4.90. The van der Waals surface area contributed by atoms with Crippen LogP contribution in [-0.4, -0.2) is 35.0 Å². The van der Waals surface area contributed by atoms with Gasteiger partial charge in [0, 0.05) is 0 Å². The quantitative estimate of drug-likeness (QED) is 0.642. The maximum Gasteiger partial charge on any atom is 0.430 e. The lowest BCUT2D eigenvalue weighted by Gasteiger charge is -2.37. The molecule has 6 nitrogen and oxygen atoms in total. The number of fused-ring (bicyclic) bond motifs is 1. The van der Waals surface area contributed by atoms with Crippen LogP contribution < -0.4 is 9.39 Å². The molecule has 3 N–H and O–H groups in total. The summed E-state index contributed by atoms with van der Waals surface area (Å²) in [4.78, 5) is 11.2. The number of rotatable bonds is 2. The Labute approximate surface area is 100 Å².